The molecule has 0 amide bonds. The van der Waals surface area contributed by atoms with E-state index in [1.165, 1.54) is 19.2 Å². The zero-order valence-corrected chi connectivity index (χ0v) is 10.6. The third-order valence-electron chi connectivity index (χ3n) is 2.37. The second-order valence-corrected chi connectivity index (χ2v) is 5.83. The van der Waals surface area contributed by atoms with Gasteiger partial charge in [-0.15, -0.1) is 0 Å². The van der Waals surface area contributed by atoms with Crippen LogP contribution in [0.3, 0.4) is 0 Å². The summed E-state index contributed by atoms with van der Waals surface area (Å²) in [4.78, 5) is 10.6. The van der Waals surface area contributed by atoms with Crippen molar-refractivity contribution in [3.8, 4) is 0 Å². The van der Waals surface area contributed by atoms with Gasteiger partial charge >= 0.3 is 5.97 Å². The van der Waals surface area contributed by atoms with E-state index in [1.54, 1.807) is 12.1 Å². The van der Waals surface area contributed by atoms with Gasteiger partial charge in [0.05, 0.1) is 11.3 Å². The number of carbonyl (C=O) groups is 1. The monoisotopic (exact) mass is 257 g/mol. The summed E-state index contributed by atoms with van der Waals surface area (Å²) in [5.41, 5.74) is 0.970. The van der Waals surface area contributed by atoms with Crippen molar-refractivity contribution in [2.24, 2.45) is 0 Å². The number of sulfonamides is 1. The highest BCUT2D eigenvalue weighted by molar-refractivity contribution is 7.89. The van der Waals surface area contributed by atoms with Gasteiger partial charge in [-0.05, 0) is 19.1 Å². The van der Waals surface area contributed by atoms with E-state index < -0.39 is 16.0 Å². The highest BCUT2D eigenvalue weighted by atomic mass is 32.2. The molecule has 1 aromatic carbocycles. The predicted octanol–water partition coefficient (Wildman–Crippen LogP) is 1.09. The van der Waals surface area contributed by atoms with Crippen molar-refractivity contribution in [2.45, 2.75) is 18.2 Å². The fourth-order valence-corrected chi connectivity index (χ4v) is 2.44. The van der Waals surface area contributed by atoms with Gasteiger partial charge in [-0.2, -0.15) is 0 Å². The summed E-state index contributed by atoms with van der Waals surface area (Å²) < 4.78 is 25.0. The number of rotatable bonds is 5. The van der Waals surface area contributed by atoms with Crippen molar-refractivity contribution in [2.75, 3.05) is 13.6 Å². The number of benzene rings is 1. The van der Waals surface area contributed by atoms with Crippen LogP contribution in [0.5, 0.6) is 0 Å². The number of hydrogen-bond acceptors (Lipinski definition) is 3. The Labute approximate surface area is 101 Å². The summed E-state index contributed by atoms with van der Waals surface area (Å²) in [5, 5.41) is 8.51. The van der Waals surface area contributed by atoms with Crippen LogP contribution < -0.4 is 0 Å². The van der Waals surface area contributed by atoms with E-state index in [-0.39, 0.29) is 17.9 Å². The number of hydrogen-bond donors (Lipinski definition) is 1. The maximum atomic E-state index is 12.0. The topological polar surface area (TPSA) is 74.7 Å². The highest BCUT2D eigenvalue weighted by Crippen LogP contribution is 2.14. The van der Waals surface area contributed by atoms with Crippen molar-refractivity contribution in [3.05, 3.63) is 29.8 Å². The molecule has 0 heterocycles. The lowest BCUT2D eigenvalue weighted by Gasteiger charge is -2.16. The number of carboxylic acid groups (broad SMARTS) is 1. The van der Waals surface area contributed by atoms with Gasteiger partial charge in [0.2, 0.25) is 10.0 Å². The van der Waals surface area contributed by atoms with E-state index in [1.807, 2.05) is 6.92 Å². The Morgan fingerprint density at radius 1 is 1.29 bits per heavy atom. The summed E-state index contributed by atoms with van der Waals surface area (Å²) in [5.74, 6) is -1.02. The molecule has 0 fully saturated rings. The summed E-state index contributed by atoms with van der Waals surface area (Å²) in [7, 11) is -2.21. The van der Waals surface area contributed by atoms with Crippen molar-refractivity contribution in [3.63, 3.8) is 0 Å². The van der Waals surface area contributed by atoms with Gasteiger partial charge in [-0.25, -0.2) is 12.7 Å². The Morgan fingerprint density at radius 2 is 1.82 bits per heavy atom. The molecule has 0 saturated heterocycles. The molecule has 1 rings (SSSR count). The highest BCUT2D eigenvalue weighted by Gasteiger charge is 2.20. The Kier molecular flexibility index (Phi) is 4.25. The van der Waals surface area contributed by atoms with Crippen molar-refractivity contribution in [1.29, 1.82) is 0 Å². The van der Waals surface area contributed by atoms with E-state index >= 15 is 0 Å². The normalized spacial score (nSPS) is 11.7. The van der Waals surface area contributed by atoms with Crippen LogP contribution in [0, 0.1) is 6.92 Å². The molecule has 0 saturated carbocycles. The van der Waals surface area contributed by atoms with Crippen LogP contribution >= 0.6 is 0 Å². The van der Waals surface area contributed by atoms with E-state index in [0.29, 0.717) is 0 Å². The number of aryl methyl sites for hydroxylation is 1. The molecule has 0 radical (unpaired) electrons. The zero-order chi connectivity index (χ0) is 13.1. The van der Waals surface area contributed by atoms with Gasteiger partial charge in [0.1, 0.15) is 0 Å². The van der Waals surface area contributed by atoms with E-state index in [9.17, 15) is 13.2 Å². The second-order valence-electron chi connectivity index (χ2n) is 3.78. The average molecular weight is 257 g/mol. The largest absolute Gasteiger partial charge is 0.481 e. The molecule has 0 aromatic heterocycles. The first-order chi connectivity index (χ1) is 7.84. The first kappa shape index (κ1) is 13.7. The molecule has 0 aliphatic carbocycles. The molecule has 0 atom stereocenters. The second kappa shape index (κ2) is 5.29. The number of nitrogens with zero attached hydrogens (tertiary/aromatic N) is 1. The predicted molar refractivity (Wildman–Crippen MR) is 63.2 cm³/mol. The lowest BCUT2D eigenvalue weighted by molar-refractivity contribution is -0.137. The molecule has 0 unspecified atom stereocenters. The van der Waals surface area contributed by atoms with Crippen molar-refractivity contribution >= 4 is 16.0 Å². The van der Waals surface area contributed by atoms with Crippen LogP contribution in [0.1, 0.15) is 12.0 Å². The maximum Gasteiger partial charge on any atom is 0.304 e. The van der Waals surface area contributed by atoms with Crippen molar-refractivity contribution in [1.82, 2.24) is 4.31 Å². The summed E-state index contributed by atoms with van der Waals surface area (Å²) in [6.07, 6.45) is -0.207. The fraction of sp³-hybridized carbons (Fsp3) is 0.364. The molecule has 94 valence electrons. The van der Waals surface area contributed by atoms with E-state index in [0.717, 1.165) is 9.87 Å². The van der Waals surface area contributed by atoms with E-state index in [2.05, 4.69) is 0 Å². The smallest absolute Gasteiger partial charge is 0.304 e. The van der Waals surface area contributed by atoms with Gasteiger partial charge in [0.25, 0.3) is 0 Å². The third-order valence-corrected chi connectivity index (χ3v) is 4.24. The molecular weight excluding hydrogens is 242 g/mol. The van der Waals surface area contributed by atoms with Gasteiger partial charge < -0.3 is 5.11 Å². The maximum absolute atomic E-state index is 12.0. The van der Waals surface area contributed by atoms with Crippen LogP contribution in [0.4, 0.5) is 0 Å². The lowest BCUT2D eigenvalue weighted by atomic mass is 10.2. The van der Waals surface area contributed by atoms with Crippen LogP contribution in [-0.4, -0.2) is 37.4 Å². The molecule has 1 aromatic rings. The molecule has 0 bridgehead atoms. The average Bonchev–Trinajstić information content (AvgIpc) is 2.26. The third kappa shape index (κ3) is 3.54. The van der Waals surface area contributed by atoms with Gasteiger partial charge in [-0.3, -0.25) is 4.79 Å². The first-order valence-electron chi connectivity index (χ1n) is 5.09. The molecular formula is C11H15NO4S. The molecule has 5 nitrogen and oxygen atoms in total. The quantitative estimate of drug-likeness (QED) is 0.856. The summed E-state index contributed by atoms with van der Waals surface area (Å²) >= 11 is 0. The number of aliphatic carboxylic acids is 1. The first-order valence-corrected chi connectivity index (χ1v) is 6.53. The van der Waals surface area contributed by atoms with Gasteiger partial charge in [0.15, 0.2) is 0 Å². The Bertz CT molecular complexity index is 493. The molecule has 0 aliphatic rings. The minimum absolute atomic E-state index is 0.0362. The number of carboxylic acids is 1. The van der Waals surface area contributed by atoms with Crippen molar-refractivity contribution < 1.29 is 18.3 Å². The molecule has 6 heteroatoms. The van der Waals surface area contributed by atoms with Crippen LogP contribution in [-0.2, 0) is 14.8 Å². The minimum Gasteiger partial charge on any atom is -0.481 e. The molecule has 17 heavy (non-hydrogen) atoms. The van der Waals surface area contributed by atoms with Gasteiger partial charge in [0, 0.05) is 13.6 Å². The summed E-state index contributed by atoms with van der Waals surface area (Å²) in [6, 6.07) is 6.44. The Morgan fingerprint density at radius 3 is 2.29 bits per heavy atom. The zero-order valence-electron chi connectivity index (χ0n) is 9.75. The van der Waals surface area contributed by atoms with Crippen LogP contribution in [0.2, 0.25) is 0 Å². The lowest BCUT2D eigenvalue weighted by Crippen LogP contribution is -2.29. The standard InChI is InChI=1S/C11H15NO4S/c1-9-3-5-10(6-4-9)17(15,16)12(2)8-7-11(13)14/h3-6H,7-8H2,1-2H3,(H,13,14). The van der Waals surface area contributed by atoms with Crippen LogP contribution in [0.25, 0.3) is 0 Å². The Hall–Kier alpha value is -1.40. The van der Waals surface area contributed by atoms with Crippen LogP contribution in [0.15, 0.2) is 29.2 Å². The molecule has 0 spiro atoms. The molecule has 0 aliphatic heterocycles. The summed E-state index contributed by atoms with van der Waals surface area (Å²) in [6.45, 7) is 1.83. The molecule has 1 N–H and O–H groups in total. The fourth-order valence-electron chi connectivity index (χ4n) is 1.26. The van der Waals surface area contributed by atoms with Gasteiger partial charge in [-0.1, -0.05) is 17.7 Å². The minimum atomic E-state index is -3.58. The Balaban J connectivity index is 2.87. The van der Waals surface area contributed by atoms with E-state index in [4.69, 9.17) is 5.11 Å². The SMILES string of the molecule is Cc1ccc(S(=O)(=O)N(C)CCC(=O)O)cc1.